The average molecular weight is 430 g/mol. The van der Waals surface area contributed by atoms with E-state index in [2.05, 4.69) is 20.8 Å². The van der Waals surface area contributed by atoms with Crippen LogP contribution in [0.4, 0.5) is 11.4 Å². The maximum absolute atomic E-state index is 13.3. The monoisotopic (exact) mass is 428 g/mol. The van der Waals surface area contributed by atoms with Crippen LogP contribution in [0.15, 0.2) is 39.7 Å². The molecule has 0 unspecified atom stereocenters. The molecule has 4 nitrogen and oxygen atoms in total. The summed E-state index contributed by atoms with van der Waals surface area (Å²) in [5.74, 6) is 0. The van der Waals surface area contributed by atoms with Crippen molar-refractivity contribution in [2.45, 2.75) is 18.7 Å². The molecule has 2 aromatic carbocycles. The van der Waals surface area contributed by atoms with Gasteiger partial charge in [-0.05, 0) is 55.3 Å². The Hall–Kier alpha value is -1.24. The molecular formula is C17H18BrClN2O2S. The fraction of sp³-hybridized carbons (Fsp3) is 0.294. The molecule has 0 aliphatic carbocycles. The zero-order valence-corrected chi connectivity index (χ0v) is 16.8. The molecular weight excluding hydrogens is 412 g/mol. The highest BCUT2D eigenvalue weighted by Gasteiger charge is 2.33. The molecule has 3 rings (SSSR count). The Bertz CT molecular complexity index is 915. The highest BCUT2D eigenvalue weighted by molar-refractivity contribution is 9.10. The molecule has 0 saturated carbocycles. The number of anilines is 2. The molecule has 0 atom stereocenters. The number of aryl methyl sites for hydroxylation is 1. The molecule has 24 heavy (non-hydrogen) atoms. The number of hydrogen-bond acceptors (Lipinski definition) is 3. The third-order valence-corrected chi connectivity index (χ3v) is 7.21. The lowest BCUT2D eigenvalue weighted by Gasteiger charge is -2.37. The van der Waals surface area contributed by atoms with E-state index < -0.39 is 10.0 Å². The first kappa shape index (κ1) is 17.6. The van der Waals surface area contributed by atoms with E-state index in [0.29, 0.717) is 34.3 Å². The van der Waals surface area contributed by atoms with Gasteiger partial charge < -0.3 is 4.90 Å². The zero-order valence-electron chi connectivity index (χ0n) is 13.7. The molecule has 0 radical (unpaired) electrons. The summed E-state index contributed by atoms with van der Waals surface area (Å²) in [4.78, 5) is 2.37. The number of rotatable bonds is 2. The lowest BCUT2D eigenvalue weighted by Crippen LogP contribution is -2.43. The molecule has 0 aromatic heterocycles. The molecule has 1 aliphatic rings. The van der Waals surface area contributed by atoms with Gasteiger partial charge in [-0.2, -0.15) is 0 Å². The van der Waals surface area contributed by atoms with Gasteiger partial charge in [0, 0.05) is 23.1 Å². The van der Waals surface area contributed by atoms with Crippen LogP contribution >= 0.6 is 27.5 Å². The van der Waals surface area contributed by atoms with Crippen LogP contribution in [0.1, 0.15) is 11.1 Å². The van der Waals surface area contributed by atoms with Crippen molar-refractivity contribution in [3.8, 4) is 0 Å². The van der Waals surface area contributed by atoms with Crippen molar-refractivity contribution < 1.29 is 8.42 Å². The summed E-state index contributed by atoms with van der Waals surface area (Å²) < 4.78 is 28.9. The van der Waals surface area contributed by atoms with Crippen molar-refractivity contribution in [3.05, 3.63) is 51.0 Å². The van der Waals surface area contributed by atoms with Crippen LogP contribution in [0.2, 0.25) is 5.02 Å². The van der Waals surface area contributed by atoms with Crippen LogP contribution in [0.3, 0.4) is 0 Å². The Morgan fingerprint density at radius 1 is 1.12 bits per heavy atom. The summed E-state index contributed by atoms with van der Waals surface area (Å²) in [7, 11) is -1.70. The number of likely N-dealkylation sites (N-methyl/N-ethyl adjacent to an activating group) is 1. The molecule has 1 heterocycles. The Balaban J connectivity index is 2.21. The summed E-state index contributed by atoms with van der Waals surface area (Å²) in [6.45, 7) is 4.68. The Labute approximate surface area is 156 Å². The summed E-state index contributed by atoms with van der Waals surface area (Å²) in [5, 5.41) is 0.566. The lowest BCUT2D eigenvalue weighted by atomic mass is 10.1. The summed E-state index contributed by atoms with van der Waals surface area (Å²) >= 11 is 9.64. The first-order valence-corrected chi connectivity index (χ1v) is 10.1. The third-order valence-electron chi connectivity index (χ3n) is 4.35. The van der Waals surface area contributed by atoms with Gasteiger partial charge >= 0.3 is 0 Å². The van der Waals surface area contributed by atoms with E-state index in [1.54, 1.807) is 19.1 Å². The molecule has 2 aromatic rings. The van der Waals surface area contributed by atoms with E-state index in [1.165, 1.54) is 4.31 Å². The minimum absolute atomic E-state index is 0.320. The smallest absolute Gasteiger partial charge is 0.264 e. The van der Waals surface area contributed by atoms with Crippen LogP contribution < -0.4 is 9.21 Å². The van der Waals surface area contributed by atoms with Gasteiger partial charge in [0.25, 0.3) is 10.0 Å². The van der Waals surface area contributed by atoms with Gasteiger partial charge in [-0.25, -0.2) is 8.42 Å². The molecule has 128 valence electrons. The van der Waals surface area contributed by atoms with E-state index in [-0.39, 0.29) is 0 Å². The first-order valence-electron chi connectivity index (χ1n) is 7.52. The molecule has 0 saturated heterocycles. The van der Waals surface area contributed by atoms with E-state index in [0.717, 1.165) is 15.7 Å². The van der Waals surface area contributed by atoms with Gasteiger partial charge in [-0.3, -0.25) is 4.31 Å². The Morgan fingerprint density at radius 3 is 2.50 bits per heavy atom. The highest BCUT2D eigenvalue weighted by Crippen LogP contribution is 2.41. The van der Waals surface area contributed by atoms with Crippen molar-refractivity contribution in [2.24, 2.45) is 0 Å². The minimum Gasteiger partial charge on any atom is -0.371 e. The SMILES string of the molecule is Cc1cc(Br)ccc1S(=O)(=O)N1CCN(C)c2ccc(Cl)c(C)c21. The van der Waals surface area contributed by atoms with Crippen LogP contribution in [0.5, 0.6) is 0 Å². The van der Waals surface area contributed by atoms with Crippen LogP contribution in [0, 0.1) is 13.8 Å². The van der Waals surface area contributed by atoms with E-state index in [9.17, 15) is 8.42 Å². The second kappa shape index (κ2) is 6.24. The number of halogens is 2. The van der Waals surface area contributed by atoms with Crippen molar-refractivity contribution >= 4 is 48.9 Å². The average Bonchev–Trinajstić information content (AvgIpc) is 2.50. The molecule has 0 amide bonds. The topological polar surface area (TPSA) is 40.6 Å². The lowest BCUT2D eigenvalue weighted by molar-refractivity contribution is 0.588. The minimum atomic E-state index is -3.66. The molecule has 0 bridgehead atoms. The van der Waals surface area contributed by atoms with Gasteiger partial charge in [0.1, 0.15) is 0 Å². The molecule has 1 aliphatic heterocycles. The number of benzene rings is 2. The molecule has 0 spiro atoms. The fourth-order valence-electron chi connectivity index (χ4n) is 3.02. The first-order chi connectivity index (χ1) is 11.2. The van der Waals surface area contributed by atoms with Crippen LogP contribution in [-0.4, -0.2) is 28.6 Å². The summed E-state index contributed by atoms with van der Waals surface area (Å²) in [6.07, 6.45) is 0. The second-order valence-electron chi connectivity index (χ2n) is 5.95. The van der Waals surface area contributed by atoms with E-state index in [4.69, 9.17) is 11.6 Å². The summed E-state index contributed by atoms with van der Waals surface area (Å²) in [5.41, 5.74) is 3.03. The van der Waals surface area contributed by atoms with Crippen molar-refractivity contribution in [1.29, 1.82) is 0 Å². The predicted octanol–water partition coefficient (Wildman–Crippen LogP) is 4.36. The van der Waals surface area contributed by atoms with Crippen molar-refractivity contribution in [3.63, 3.8) is 0 Å². The Kier molecular flexibility index (Phi) is 4.57. The van der Waals surface area contributed by atoms with Crippen molar-refractivity contribution in [1.82, 2.24) is 0 Å². The van der Waals surface area contributed by atoms with Gasteiger partial charge in [0.2, 0.25) is 0 Å². The standard InChI is InChI=1S/C17H18BrClN2O2S/c1-11-10-13(18)4-7-16(11)24(22,23)21-9-8-20(3)15-6-5-14(19)12(2)17(15)21/h4-7,10H,8-9H2,1-3H3. The van der Waals surface area contributed by atoms with Gasteiger partial charge in [0.05, 0.1) is 22.8 Å². The quantitative estimate of drug-likeness (QED) is 0.712. The number of sulfonamides is 1. The third kappa shape index (κ3) is 2.80. The van der Waals surface area contributed by atoms with E-state index in [1.807, 2.05) is 32.2 Å². The Morgan fingerprint density at radius 2 is 1.83 bits per heavy atom. The number of fused-ring (bicyclic) bond motifs is 1. The van der Waals surface area contributed by atoms with Crippen molar-refractivity contribution in [2.75, 3.05) is 29.3 Å². The van der Waals surface area contributed by atoms with Gasteiger partial charge in [0.15, 0.2) is 0 Å². The molecule has 0 fully saturated rings. The normalized spacial score (nSPS) is 14.7. The zero-order chi connectivity index (χ0) is 17.6. The predicted molar refractivity (Wildman–Crippen MR) is 103 cm³/mol. The van der Waals surface area contributed by atoms with Crippen LogP contribution in [-0.2, 0) is 10.0 Å². The maximum Gasteiger partial charge on any atom is 0.264 e. The highest BCUT2D eigenvalue weighted by atomic mass is 79.9. The van der Waals surface area contributed by atoms with Crippen LogP contribution in [0.25, 0.3) is 0 Å². The number of nitrogens with zero attached hydrogens (tertiary/aromatic N) is 2. The summed E-state index contributed by atoms with van der Waals surface area (Å²) in [6, 6.07) is 8.90. The van der Waals surface area contributed by atoms with E-state index >= 15 is 0 Å². The molecule has 7 heteroatoms. The van der Waals surface area contributed by atoms with Gasteiger partial charge in [-0.1, -0.05) is 27.5 Å². The number of hydrogen-bond donors (Lipinski definition) is 0. The maximum atomic E-state index is 13.3. The fourth-order valence-corrected chi connectivity index (χ4v) is 5.38. The van der Waals surface area contributed by atoms with Gasteiger partial charge in [-0.15, -0.1) is 0 Å². The second-order valence-corrected chi connectivity index (χ2v) is 9.10. The largest absolute Gasteiger partial charge is 0.371 e. The molecule has 0 N–H and O–H groups in total.